The second-order valence-electron chi connectivity index (χ2n) is 9.97. The van der Waals surface area contributed by atoms with Gasteiger partial charge in [-0.1, -0.05) is 0 Å². The number of ketones is 1. The Bertz CT molecular complexity index is 1300. The van der Waals surface area contributed by atoms with E-state index in [0.717, 1.165) is 29.8 Å². The number of carbonyl (C=O) groups is 2. The molecule has 0 spiro atoms. The first-order valence-corrected chi connectivity index (χ1v) is 12.3. The molecule has 10 heteroatoms. The van der Waals surface area contributed by atoms with Gasteiger partial charge in [0.25, 0.3) is 0 Å². The molecule has 3 aromatic rings. The Balaban J connectivity index is 1.39. The van der Waals surface area contributed by atoms with Gasteiger partial charge >= 0.3 is 0 Å². The molecular weight excluding hydrogens is 446 g/mol. The van der Waals surface area contributed by atoms with Gasteiger partial charge in [0.2, 0.25) is 5.91 Å². The molecule has 35 heavy (non-hydrogen) atoms. The van der Waals surface area contributed by atoms with Crippen molar-refractivity contribution in [1.29, 1.82) is 0 Å². The number of nitrogens with two attached hydrogens (primary N) is 1. The lowest BCUT2D eigenvalue weighted by molar-refractivity contribution is -0.138. The maximum atomic E-state index is 12.7. The van der Waals surface area contributed by atoms with Crippen LogP contribution >= 0.6 is 0 Å². The number of aliphatic hydroxyl groups excluding tert-OH is 1. The summed E-state index contributed by atoms with van der Waals surface area (Å²) >= 11 is 0. The quantitative estimate of drug-likeness (QED) is 0.462. The number of aromatic nitrogens is 4. The number of nitrogens with zero attached hydrogens (tertiary/aromatic N) is 5. The molecule has 2 atom stereocenters. The predicted octanol–water partition coefficient (Wildman–Crippen LogP) is 2.38. The molecule has 3 aromatic heterocycles. The van der Waals surface area contributed by atoms with Crippen molar-refractivity contribution in [2.45, 2.75) is 69.5 Å². The van der Waals surface area contributed by atoms with Crippen molar-refractivity contribution in [2.24, 2.45) is 0 Å². The van der Waals surface area contributed by atoms with E-state index in [0.29, 0.717) is 35.8 Å². The van der Waals surface area contributed by atoms with E-state index in [1.165, 1.54) is 24.3 Å². The Morgan fingerprint density at radius 3 is 2.49 bits per heavy atom. The van der Waals surface area contributed by atoms with E-state index in [1.54, 1.807) is 12.4 Å². The van der Waals surface area contributed by atoms with Gasteiger partial charge in [0.05, 0.1) is 17.5 Å². The van der Waals surface area contributed by atoms with Crippen molar-refractivity contribution in [3.05, 3.63) is 35.8 Å². The number of pyridine rings is 1. The zero-order chi connectivity index (χ0) is 24.3. The van der Waals surface area contributed by atoms with Gasteiger partial charge in [0.1, 0.15) is 18.2 Å². The van der Waals surface area contributed by atoms with Gasteiger partial charge in [-0.15, -0.1) is 0 Å². The molecule has 2 aliphatic heterocycles. The second kappa shape index (κ2) is 8.30. The van der Waals surface area contributed by atoms with Crippen molar-refractivity contribution in [1.82, 2.24) is 24.5 Å². The number of rotatable bonds is 6. The van der Waals surface area contributed by atoms with E-state index in [-0.39, 0.29) is 35.5 Å². The maximum absolute atomic E-state index is 12.7. The smallest absolute Gasteiger partial charge is 0.248 e. The summed E-state index contributed by atoms with van der Waals surface area (Å²) in [6.45, 7) is 1.03. The first-order valence-electron chi connectivity index (χ1n) is 12.3. The summed E-state index contributed by atoms with van der Waals surface area (Å²) < 4.78 is 1.53. The van der Waals surface area contributed by atoms with Crippen LogP contribution in [0.4, 0.5) is 11.6 Å². The van der Waals surface area contributed by atoms with Gasteiger partial charge in [-0.25, -0.2) is 9.97 Å². The van der Waals surface area contributed by atoms with Crippen LogP contribution in [-0.2, 0) is 4.79 Å². The van der Waals surface area contributed by atoms with Gasteiger partial charge in [0, 0.05) is 41.4 Å². The standard InChI is InChI=1S/C25H29N7O3/c1-13(34)22-23(15-8-17-5-6-18(9-15)31(17)21(35)12-33)30-25-19(11-28-32(25)24(22)26)14-2-7-20(27-10-14)29-16-3-4-16/h2,7,10-11,15-18,33H,3-6,8-9,12,26H2,1H3,(H,27,29). The summed E-state index contributed by atoms with van der Waals surface area (Å²) in [4.78, 5) is 36.4. The lowest BCUT2D eigenvalue weighted by Gasteiger charge is -2.39. The molecule has 2 bridgehead atoms. The number of anilines is 2. The average molecular weight is 476 g/mol. The van der Waals surface area contributed by atoms with Crippen molar-refractivity contribution >= 4 is 29.0 Å². The Morgan fingerprint density at radius 2 is 1.89 bits per heavy atom. The number of amides is 1. The molecule has 3 fully saturated rings. The molecule has 1 amide bonds. The molecule has 5 heterocycles. The van der Waals surface area contributed by atoms with E-state index in [9.17, 15) is 14.7 Å². The van der Waals surface area contributed by atoms with Gasteiger partial charge in [-0.05, 0) is 57.6 Å². The van der Waals surface area contributed by atoms with Crippen LogP contribution in [0.5, 0.6) is 0 Å². The Morgan fingerprint density at radius 1 is 1.14 bits per heavy atom. The van der Waals surface area contributed by atoms with Gasteiger partial charge in [-0.3, -0.25) is 9.59 Å². The minimum absolute atomic E-state index is 0.00700. The van der Waals surface area contributed by atoms with Crippen LogP contribution in [0.25, 0.3) is 16.8 Å². The third-order valence-corrected chi connectivity index (χ3v) is 7.61. The van der Waals surface area contributed by atoms with Crippen molar-refractivity contribution < 1.29 is 14.7 Å². The minimum atomic E-state index is -0.476. The molecule has 2 unspecified atom stereocenters. The fourth-order valence-electron chi connectivity index (χ4n) is 5.86. The van der Waals surface area contributed by atoms with Crippen LogP contribution in [0.3, 0.4) is 0 Å². The highest BCUT2D eigenvalue weighted by molar-refractivity contribution is 6.00. The largest absolute Gasteiger partial charge is 0.387 e. The van der Waals surface area contributed by atoms with Gasteiger partial charge < -0.3 is 21.1 Å². The minimum Gasteiger partial charge on any atom is -0.387 e. The molecule has 0 radical (unpaired) electrons. The first kappa shape index (κ1) is 22.0. The fraction of sp³-hybridized carbons (Fsp3) is 0.480. The number of carbonyl (C=O) groups excluding carboxylic acids is 2. The molecule has 0 aromatic carbocycles. The zero-order valence-electron chi connectivity index (χ0n) is 19.6. The van der Waals surface area contributed by atoms with E-state index >= 15 is 0 Å². The number of aliphatic hydroxyl groups is 1. The van der Waals surface area contributed by atoms with E-state index < -0.39 is 6.61 Å². The zero-order valence-corrected chi connectivity index (χ0v) is 19.6. The number of piperidine rings is 1. The molecule has 1 saturated carbocycles. The average Bonchev–Trinajstić information content (AvgIpc) is 3.50. The van der Waals surface area contributed by atoms with Crippen LogP contribution in [0.2, 0.25) is 0 Å². The van der Waals surface area contributed by atoms with E-state index in [2.05, 4.69) is 15.4 Å². The maximum Gasteiger partial charge on any atom is 0.248 e. The van der Waals surface area contributed by atoms with Crippen molar-refractivity contribution in [2.75, 3.05) is 17.7 Å². The molecule has 2 saturated heterocycles. The van der Waals surface area contributed by atoms with Crippen LogP contribution in [0, 0.1) is 0 Å². The molecule has 1 aliphatic carbocycles. The molecule has 4 N–H and O–H groups in total. The van der Waals surface area contributed by atoms with Gasteiger partial charge in [0.15, 0.2) is 11.4 Å². The van der Waals surface area contributed by atoms with Crippen molar-refractivity contribution in [3.63, 3.8) is 0 Å². The molecule has 10 nitrogen and oxygen atoms in total. The monoisotopic (exact) mass is 475 g/mol. The Labute approximate surface area is 202 Å². The lowest BCUT2D eigenvalue weighted by Crippen LogP contribution is -2.47. The topological polar surface area (TPSA) is 139 Å². The third-order valence-electron chi connectivity index (χ3n) is 7.61. The highest BCUT2D eigenvalue weighted by Crippen LogP contribution is 2.44. The van der Waals surface area contributed by atoms with Crippen LogP contribution < -0.4 is 11.1 Å². The summed E-state index contributed by atoms with van der Waals surface area (Å²) in [6, 6.07) is 4.55. The number of hydrogen-bond acceptors (Lipinski definition) is 8. The summed E-state index contributed by atoms with van der Waals surface area (Å²) in [6.07, 6.45) is 9.04. The number of fused-ring (bicyclic) bond motifs is 3. The third kappa shape index (κ3) is 3.72. The summed E-state index contributed by atoms with van der Waals surface area (Å²) in [5.74, 6) is 0.745. The number of Topliss-reactive ketones (excluding diaryl/α,β-unsaturated/α-hetero) is 1. The number of nitrogens with one attached hydrogen (secondary N) is 1. The van der Waals surface area contributed by atoms with Gasteiger partial charge in [-0.2, -0.15) is 9.61 Å². The molecule has 6 rings (SSSR count). The lowest BCUT2D eigenvalue weighted by atomic mass is 9.85. The molecule has 182 valence electrons. The molecular formula is C25H29N7O3. The highest BCUT2D eigenvalue weighted by atomic mass is 16.3. The normalized spacial score (nSPS) is 23.6. The van der Waals surface area contributed by atoms with E-state index in [1.807, 2.05) is 17.0 Å². The second-order valence-corrected chi connectivity index (χ2v) is 9.97. The summed E-state index contributed by atoms with van der Waals surface area (Å²) in [7, 11) is 0. The van der Waals surface area contributed by atoms with E-state index in [4.69, 9.17) is 10.7 Å². The van der Waals surface area contributed by atoms with Crippen molar-refractivity contribution in [3.8, 4) is 11.1 Å². The van der Waals surface area contributed by atoms with Crippen LogP contribution in [-0.4, -0.2) is 66.0 Å². The Kier molecular flexibility index (Phi) is 5.21. The van der Waals surface area contributed by atoms with Crippen LogP contribution in [0.1, 0.15) is 67.4 Å². The van der Waals surface area contributed by atoms with Crippen LogP contribution in [0.15, 0.2) is 24.5 Å². The Hall–Kier alpha value is -3.53. The number of nitrogen functional groups attached to an aromatic ring is 1. The summed E-state index contributed by atoms with van der Waals surface area (Å²) in [5, 5.41) is 17.2. The summed E-state index contributed by atoms with van der Waals surface area (Å²) in [5.41, 5.74) is 9.85. The first-order chi connectivity index (χ1) is 16.9. The SMILES string of the molecule is CC(=O)c1c(C2CC3CCC(C2)N3C(=O)CO)nc2c(-c3ccc(NC4CC4)nc3)cnn2c1N. The highest BCUT2D eigenvalue weighted by Gasteiger charge is 2.44. The molecule has 3 aliphatic rings. The number of hydrogen-bond donors (Lipinski definition) is 3. The predicted molar refractivity (Wildman–Crippen MR) is 130 cm³/mol. The fourth-order valence-corrected chi connectivity index (χ4v) is 5.86.